The zero-order chi connectivity index (χ0) is 7.42. The third-order valence-electron chi connectivity index (χ3n) is 3.58. The van der Waals surface area contributed by atoms with E-state index in [1.807, 2.05) is 0 Å². The van der Waals surface area contributed by atoms with Crippen molar-refractivity contribution in [2.45, 2.75) is 19.4 Å². The van der Waals surface area contributed by atoms with Crippen LogP contribution in [-0.2, 0) is 4.74 Å². The first-order chi connectivity index (χ1) is 5.42. The topological polar surface area (TPSA) is 9.23 Å². The van der Waals surface area contributed by atoms with Crippen molar-refractivity contribution < 1.29 is 4.74 Å². The molecule has 0 saturated heterocycles. The number of ether oxygens (including phenoxy) is 1. The quantitative estimate of drug-likeness (QED) is 0.546. The van der Waals surface area contributed by atoms with Gasteiger partial charge >= 0.3 is 0 Å². The first-order valence-corrected chi connectivity index (χ1v) is 4.71. The van der Waals surface area contributed by atoms with Crippen molar-refractivity contribution in [3.05, 3.63) is 12.2 Å². The first kappa shape index (κ1) is 6.24. The van der Waals surface area contributed by atoms with Gasteiger partial charge in [0.2, 0.25) is 0 Å². The Morgan fingerprint density at radius 1 is 1.36 bits per heavy atom. The summed E-state index contributed by atoms with van der Waals surface area (Å²) in [6.45, 7) is 3.00. The molecule has 2 fully saturated rings. The van der Waals surface area contributed by atoms with Gasteiger partial charge in [-0.25, -0.2) is 0 Å². The Morgan fingerprint density at radius 2 is 2.27 bits per heavy atom. The van der Waals surface area contributed by atoms with Gasteiger partial charge in [0, 0.05) is 6.61 Å². The summed E-state index contributed by atoms with van der Waals surface area (Å²) in [6, 6.07) is 0. The highest BCUT2D eigenvalue weighted by Crippen LogP contribution is 2.65. The lowest BCUT2D eigenvalue weighted by Gasteiger charge is -2.12. The van der Waals surface area contributed by atoms with E-state index >= 15 is 0 Å². The molecule has 0 amide bonds. The molecule has 3 rings (SSSR count). The average Bonchev–Trinajstić information content (AvgIpc) is 2.48. The fourth-order valence-electron chi connectivity index (χ4n) is 3.16. The molecule has 11 heavy (non-hydrogen) atoms. The van der Waals surface area contributed by atoms with Crippen LogP contribution in [0.25, 0.3) is 0 Å². The Bertz CT molecular complexity index is 209. The maximum Gasteiger partial charge on any atom is 0.0617 e. The van der Waals surface area contributed by atoms with Crippen LogP contribution in [0.4, 0.5) is 0 Å². The highest BCUT2D eigenvalue weighted by Gasteiger charge is 2.63. The molecule has 1 heteroatoms. The van der Waals surface area contributed by atoms with Crippen LogP contribution in [0.15, 0.2) is 12.2 Å². The molecule has 0 spiro atoms. The van der Waals surface area contributed by atoms with Crippen LogP contribution in [0, 0.1) is 23.7 Å². The fourth-order valence-corrected chi connectivity index (χ4v) is 3.16. The molecule has 0 radical (unpaired) electrons. The van der Waals surface area contributed by atoms with E-state index in [2.05, 4.69) is 19.1 Å². The van der Waals surface area contributed by atoms with Gasteiger partial charge in [0.05, 0.1) is 6.10 Å². The normalized spacial score (nSPS) is 56.6. The molecule has 0 aromatic heterocycles. The summed E-state index contributed by atoms with van der Waals surface area (Å²) in [6.07, 6.45) is 6.73. The fraction of sp³-hybridized carbons (Fsp3) is 0.800. The molecule has 0 bridgehead atoms. The molecular weight excluding hydrogens is 136 g/mol. The first-order valence-electron chi connectivity index (χ1n) is 4.71. The van der Waals surface area contributed by atoms with Gasteiger partial charge in [-0.1, -0.05) is 12.2 Å². The molecule has 4 unspecified atom stereocenters. The maximum atomic E-state index is 5.70. The van der Waals surface area contributed by atoms with Crippen molar-refractivity contribution >= 4 is 0 Å². The standard InChI is InChI=1S/C10H14O/c1-2-11-8-5-6-3-4-7-9(6)10(7)8/h3-4,6-10H,2,5H2,1H3/t6?,7?,8-,9?,10?/m1/s1. The van der Waals surface area contributed by atoms with Crippen molar-refractivity contribution in [3.63, 3.8) is 0 Å². The predicted octanol–water partition coefficient (Wildman–Crippen LogP) is 1.84. The molecule has 5 atom stereocenters. The Balaban J connectivity index is 1.77. The minimum Gasteiger partial charge on any atom is -0.378 e. The molecule has 0 N–H and O–H groups in total. The summed E-state index contributed by atoms with van der Waals surface area (Å²) in [4.78, 5) is 0. The lowest BCUT2D eigenvalue weighted by atomic mass is 10.1. The molecule has 0 aromatic carbocycles. The zero-order valence-corrected chi connectivity index (χ0v) is 6.86. The molecule has 2 saturated carbocycles. The van der Waals surface area contributed by atoms with E-state index in [0.29, 0.717) is 6.10 Å². The minimum atomic E-state index is 0.606. The van der Waals surface area contributed by atoms with E-state index in [1.54, 1.807) is 0 Å². The smallest absolute Gasteiger partial charge is 0.0617 e. The molecule has 60 valence electrons. The van der Waals surface area contributed by atoms with E-state index < -0.39 is 0 Å². The minimum absolute atomic E-state index is 0.606. The summed E-state index contributed by atoms with van der Waals surface area (Å²) in [5.74, 6) is 3.74. The van der Waals surface area contributed by atoms with Crippen molar-refractivity contribution in [2.75, 3.05) is 6.61 Å². The highest BCUT2D eigenvalue weighted by atomic mass is 16.5. The maximum absolute atomic E-state index is 5.70. The SMILES string of the molecule is CCO[C@@H]1CC2C=CC3C2C31. The number of rotatable bonds is 2. The molecular formula is C10H14O. The average molecular weight is 150 g/mol. The summed E-state index contributed by atoms with van der Waals surface area (Å²) >= 11 is 0. The monoisotopic (exact) mass is 150 g/mol. The molecule has 3 aliphatic carbocycles. The Hall–Kier alpha value is -0.300. The van der Waals surface area contributed by atoms with Gasteiger partial charge < -0.3 is 4.74 Å². The Labute approximate surface area is 67.4 Å². The van der Waals surface area contributed by atoms with Crippen molar-refractivity contribution in [2.24, 2.45) is 23.7 Å². The van der Waals surface area contributed by atoms with Gasteiger partial charge in [0.25, 0.3) is 0 Å². The summed E-state index contributed by atoms with van der Waals surface area (Å²) < 4.78 is 5.70. The molecule has 3 aliphatic rings. The van der Waals surface area contributed by atoms with Gasteiger partial charge in [-0.15, -0.1) is 0 Å². The van der Waals surface area contributed by atoms with Crippen molar-refractivity contribution in [3.8, 4) is 0 Å². The summed E-state index contributed by atoms with van der Waals surface area (Å²) in [5, 5.41) is 0. The number of hydrogen-bond donors (Lipinski definition) is 0. The summed E-state index contributed by atoms with van der Waals surface area (Å²) in [7, 11) is 0. The van der Waals surface area contributed by atoms with Crippen molar-refractivity contribution in [1.82, 2.24) is 0 Å². The largest absolute Gasteiger partial charge is 0.378 e. The van der Waals surface area contributed by atoms with E-state index in [0.717, 1.165) is 30.3 Å². The van der Waals surface area contributed by atoms with Crippen LogP contribution >= 0.6 is 0 Å². The van der Waals surface area contributed by atoms with E-state index in [1.165, 1.54) is 6.42 Å². The van der Waals surface area contributed by atoms with Crippen molar-refractivity contribution in [1.29, 1.82) is 0 Å². The lowest BCUT2D eigenvalue weighted by molar-refractivity contribution is 0.0480. The van der Waals surface area contributed by atoms with E-state index in [-0.39, 0.29) is 0 Å². The molecule has 0 heterocycles. The van der Waals surface area contributed by atoms with Crippen LogP contribution in [-0.4, -0.2) is 12.7 Å². The molecule has 1 nitrogen and oxygen atoms in total. The van der Waals surface area contributed by atoms with E-state index in [4.69, 9.17) is 4.74 Å². The van der Waals surface area contributed by atoms with Gasteiger partial charge in [-0.3, -0.25) is 0 Å². The second-order valence-electron chi connectivity index (χ2n) is 4.01. The zero-order valence-electron chi connectivity index (χ0n) is 6.86. The lowest BCUT2D eigenvalue weighted by Crippen LogP contribution is -2.13. The van der Waals surface area contributed by atoms with Crippen LogP contribution in [0.2, 0.25) is 0 Å². The second kappa shape index (κ2) is 1.89. The van der Waals surface area contributed by atoms with Gasteiger partial charge in [-0.2, -0.15) is 0 Å². The number of hydrogen-bond acceptors (Lipinski definition) is 1. The summed E-state index contributed by atoms with van der Waals surface area (Å²) in [5.41, 5.74) is 0. The molecule has 0 aromatic rings. The third kappa shape index (κ3) is 0.652. The van der Waals surface area contributed by atoms with Gasteiger partial charge in [0.15, 0.2) is 0 Å². The highest BCUT2D eigenvalue weighted by molar-refractivity contribution is 5.26. The van der Waals surface area contributed by atoms with E-state index in [9.17, 15) is 0 Å². The van der Waals surface area contributed by atoms with Gasteiger partial charge in [0.1, 0.15) is 0 Å². The van der Waals surface area contributed by atoms with Crippen LogP contribution in [0.5, 0.6) is 0 Å². The Morgan fingerprint density at radius 3 is 2.91 bits per heavy atom. The van der Waals surface area contributed by atoms with Crippen LogP contribution in [0.3, 0.4) is 0 Å². The number of allylic oxidation sites excluding steroid dienone is 2. The Kier molecular flexibility index (Phi) is 1.07. The van der Waals surface area contributed by atoms with Gasteiger partial charge in [-0.05, 0) is 37.0 Å². The van der Waals surface area contributed by atoms with Crippen LogP contribution < -0.4 is 0 Å². The predicted molar refractivity (Wildman–Crippen MR) is 43.1 cm³/mol. The third-order valence-corrected chi connectivity index (χ3v) is 3.58. The second-order valence-corrected chi connectivity index (χ2v) is 4.01. The van der Waals surface area contributed by atoms with Crippen LogP contribution in [0.1, 0.15) is 13.3 Å². The molecule has 0 aliphatic heterocycles. The number of fused-ring (bicyclic) bond motifs is 1.